The largest absolute Gasteiger partial charge is 0.336 e. The number of nitrogens with one attached hydrogen (secondary N) is 1. The highest BCUT2D eigenvalue weighted by atomic mass is 32.2. The van der Waals surface area contributed by atoms with E-state index in [4.69, 9.17) is 0 Å². The summed E-state index contributed by atoms with van der Waals surface area (Å²) in [6.07, 6.45) is 1.83. The van der Waals surface area contributed by atoms with Crippen molar-refractivity contribution in [3.05, 3.63) is 36.5 Å². The molecule has 0 saturated carbocycles. The van der Waals surface area contributed by atoms with E-state index in [1.54, 1.807) is 0 Å². The molecule has 2 heterocycles. The van der Waals surface area contributed by atoms with Gasteiger partial charge in [0.05, 0.1) is 17.6 Å². The van der Waals surface area contributed by atoms with E-state index in [2.05, 4.69) is 14.9 Å². The minimum Gasteiger partial charge on any atom is -0.336 e. The molecule has 2 aromatic rings. The van der Waals surface area contributed by atoms with Crippen LogP contribution in [0.4, 0.5) is 4.79 Å². The Morgan fingerprint density at radius 1 is 1.35 bits per heavy atom. The molecule has 1 aromatic carbocycles. The highest BCUT2D eigenvalue weighted by Crippen LogP contribution is 2.26. The van der Waals surface area contributed by atoms with Crippen molar-refractivity contribution in [3.63, 3.8) is 0 Å². The van der Waals surface area contributed by atoms with Gasteiger partial charge in [-0.1, -0.05) is 42.1 Å². The lowest BCUT2D eigenvalue weighted by Gasteiger charge is -2.12. The summed E-state index contributed by atoms with van der Waals surface area (Å²) in [6, 6.07) is 9.73. The Hall–Kier alpha value is -2.28. The average Bonchev–Trinajstić information content (AvgIpc) is 3.19. The fourth-order valence-corrected chi connectivity index (χ4v) is 3.45. The number of hydrogen-bond acceptors (Lipinski definition) is 4. The number of aromatic nitrogens is 2. The van der Waals surface area contributed by atoms with Crippen LogP contribution in [0.15, 0.2) is 41.7 Å². The summed E-state index contributed by atoms with van der Waals surface area (Å²) < 4.78 is 2.08. The van der Waals surface area contributed by atoms with Crippen molar-refractivity contribution in [3.8, 4) is 11.3 Å². The molecule has 3 amide bonds. The molecule has 0 radical (unpaired) electrons. The van der Waals surface area contributed by atoms with E-state index in [1.165, 1.54) is 16.7 Å². The van der Waals surface area contributed by atoms with Gasteiger partial charge >= 0.3 is 6.03 Å². The van der Waals surface area contributed by atoms with Crippen molar-refractivity contribution in [1.82, 2.24) is 19.8 Å². The number of carbonyl (C=O) groups excluding carboxylic acids is 2. The van der Waals surface area contributed by atoms with E-state index in [9.17, 15) is 9.59 Å². The molecule has 1 aliphatic heterocycles. The lowest BCUT2D eigenvalue weighted by atomic mass is 10.2. The first kappa shape index (κ1) is 15.6. The first-order valence-electron chi connectivity index (χ1n) is 7.52. The molecule has 1 aliphatic rings. The molecule has 1 N–H and O–H groups in total. The number of carbonyl (C=O) groups is 2. The molecule has 0 bridgehead atoms. The van der Waals surface area contributed by atoms with Crippen LogP contribution in [0.3, 0.4) is 0 Å². The van der Waals surface area contributed by atoms with E-state index < -0.39 is 0 Å². The molecule has 1 aromatic heterocycles. The number of nitrogens with zero attached hydrogens (tertiary/aromatic N) is 3. The monoisotopic (exact) mass is 330 g/mol. The van der Waals surface area contributed by atoms with Crippen LogP contribution < -0.4 is 5.32 Å². The van der Waals surface area contributed by atoms with Crippen molar-refractivity contribution in [1.29, 1.82) is 0 Å². The maximum atomic E-state index is 12.1. The van der Waals surface area contributed by atoms with E-state index in [-0.39, 0.29) is 17.7 Å². The minimum absolute atomic E-state index is 0.183. The maximum Gasteiger partial charge on any atom is 0.324 e. The Morgan fingerprint density at radius 2 is 2.13 bits per heavy atom. The third-order valence-corrected chi connectivity index (χ3v) is 4.66. The number of imidazole rings is 1. The fourth-order valence-electron chi connectivity index (χ4n) is 2.53. The lowest BCUT2D eigenvalue weighted by molar-refractivity contribution is -0.124. The number of benzene rings is 1. The average molecular weight is 330 g/mol. The minimum atomic E-state index is -0.306. The second kappa shape index (κ2) is 6.87. The summed E-state index contributed by atoms with van der Waals surface area (Å²) in [5, 5.41) is 3.42. The smallest absolute Gasteiger partial charge is 0.324 e. The van der Waals surface area contributed by atoms with Gasteiger partial charge in [-0.25, -0.2) is 9.78 Å². The van der Waals surface area contributed by atoms with E-state index >= 15 is 0 Å². The van der Waals surface area contributed by atoms with Gasteiger partial charge in [-0.2, -0.15) is 0 Å². The van der Waals surface area contributed by atoms with Gasteiger partial charge in [0, 0.05) is 19.6 Å². The van der Waals surface area contributed by atoms with Crippen LogP contribution in [0.2, 0.25) is 0 Å². The van der Waals surface area contributed by atoms with Crippen molar-refractivity contribution >= 4 is 23.7 Å². The van der Waals surface area contributed by atoms with Gasteiger partial charge in [0.25, 0.3) is 0 Å². The zero-order valence-electron chi connectivity index (χ0n) is 12.9. The molecule has 1 fully saturated rings. The Kier molecular flexibility index (Phi) is 4.66. The molecule has 1 saturated heterocycles. The molecule has 23 heavy (non-hydrogen) atoms. The summed E-state index contributed by atoms with van der Waals surface area (Å²) in [7, 11) is 0. The summed E-state index contributed by atoms with van der Waals surface area (Å²) in [5.41, 5.74) is 2.13. The topological polar surface area (TPSA) is 67.2 Å². The summed E-state index contributed by atoms with van der Waals surface area (Å²) in [6.45, 7) is 3.78. The summed E-state index contributed by atoms with van der Waals surface area (Å²) in [4.78, 5) is 29.3. The number of hydrogen-bond donors (Lipinski definition) is 1. The number of imide groups is 1. The molecule has 0 atom stereocenters. The molecule has 6 nitrogen and oxygen atoms in total. The van der Waals surface area contributed by atoms with Crippen molar-refractivity contribution in [2.24, 2.45) is 0 Å². The number of rotatable bonds is 5. The highest BCUT2D eigenvalue weighted by Gasteiger charge is 2.26. The van der Waals surface area contributed by atoms with Crippen LogP contribution in [0.1, 0.15) is 6.92 Å². The normalized spacial score (nSPS) is 14.1. The van der Waals surface area contributed by atoms with Crippen LogP contribution in [-0.2, 0) is 11.3 Å². The number of urea groups is 1. The van der Waals surface area contributed by atoms with Crippen LogP contribution in [0.5, 0.6) is 0 Å². The molecule has 7 heteroatoms. The Labute approximate surface area is 138 Å². The zero-order chi connectivity index (χ0) is 16.2. The van der Waals surface area contributed by atoms with Gasteiger partial charge in [-0.3, -0.25) is 9.69 Å². The van der Waals surface area contributed by atoms with Crippen molar-refractivity contribution < 1.29 is 9.59 Å². The van der Waals surface area contributed by atoms with Crippen molar-refractivity contribution in [2.75, 3.05) is 18.8 Å². The molecular weight excluding hydrogens is 312 g/mol. The molecule has 0 unspecified atom stereocenters. The van der Waals surface area contributed by atoms with Gasteiger partial charge in [0.1, 0.15) is 0 Å². The predicted octanol–water partition coefficient (Wildman–Crippen LogP) is 2.21. The third kappa shape index (κ3) is 3.24. The summed E-state index contributed by atoms with van der Waals surface area (Å²) in [5.74, 6) is 0.0236. The number of amides is 3. The second-order valence-corrected chi connectivity index (χ2v) is 6.04. The van der Waals surface area contributed by atoms with Crippen LogP contribution in [0, 0.1) is 0 Å². The second-order valence-electron chi connectivity index (χ2n) is 5.10. The Balaban J connectivity index is 1.72. The highest BCUT2D eigenvalue weighted by molar-refractivity contribution is 7.99. The van der Waals surface area contributed by atoms with E-state index in [0.717, 1.165) is 23.0 Å². The Bertz CT molecular complexity index is 714. The zero-order valence-corrected chi connectivity index (χ0v) is 13.7. The molecular formula is C16H18N4O2S. The first-order chi connectivity index (χ1) is 11.2. The Morgan fingerprint density at radius 3 is 2.78 bits per heavy atom. The van der Waals surface area contributed by atoms with Crippen molar-refractivity contribution in [2.45, 2.75) is 18.6 Å². The standard InChI is InChI=1S/C16H18N4O2S/c1-2-19-13(12-6-4-3-5-7-12)10-18-16(19)23-11-14(21)20-9-8-17-15(20)22/h3-7,10H,2,8-9,11H2,1H3,(H,17,22). The summed E-state index contributed by atoms with van der Waals surface area (Å²) >= 11 is 1.36. The SMILES string of the molecule is CCn1c(-c2ccccc2)cnc1SCC(=O)N1CCNC1=O. The predicted molar refractivity (Wildman–Crippen MR) is 89.2 cm³/mol. The van der Waals surface area contributed by atoms with Gasteiger partial charge < -0.3 is 9.88 Å². The lowest BCUT2D eigenvalue weighted by Crippen LogP contribution is -2.35. The number of thioether (sulfide) groups is 1. The van der Waals surface area contributed by atoms with Crippen LogP contribution in [-0.4, -0.2) is 45.2 Å². The van der Waals surface area contributed by atoms with Gasteiger partial charge in [-0.05, 0) is 12.5 Å². The van der Waals surface area contributed by atoms with E-state index in [1.807, 2.05) is 43.5 Å². The van der Waals surface area contributed by atoms with Gasteiger partial charge in [-0.15, -0.1) is 0 Å². The third-order valence-electron chi connectivity index (χ3n) is 3.69. The molecule has 0 spiro atoms. The van der Waals surface area contributed by atoms with E-state index in [0.29, 0.717) is 13.1 Å². The van der Waals surface area contributed by atoms with Gasteiger partial charge in [0.15, 0.2) is 5.16 Å². The van der Waals surface area contributed by atoms with Gasteiger partial charge in [0.2, 0.25) is 5.91 Å². The maximum absolute atomic E-state index is 12.1. The fraction of sp³-hybridized carbons (Fsp3) is 0.312. The molecule has 3 rings (SSSR count). The van der Waals surface area contributed by atoms with Crippen LogP contribution in [0.25, 0.3) is 11.3 Å². The van der Waals surface area contributed by atoms with Crippen LogP contribution >= 0.6 is 11.8 Å². The first-order valence-corrected chi connectivity index (χ1v) is 8.51. The molecule has 120 valence electrons. The molecule has 0 aliphatic carbocycles. The quantitative estimate of drug-likeness (QED) is 0.854.